The number of H-pyrrole nitrogens is 1. The minimum atomic E-state index is -4.19. The van der Waals surface area contributed by atoms with Gasteiger partial charge >= 0.3 is 10.1 Å². The van der Waals surface area contributed by atoms with E-state index in [1.165, 1.54) is 30.3 Å². The van der Waals surface area contributed by atoms with Crippen LogP contribution < -0.4 is 4.18 Å². The van der Waals surface area contributed by atoms with Gasteiger partial charge in [-0.25, -0.2) is 4.39 Å². The van der Waals surface area contributed by atoms with Gasteiger partial charge in [0.2, 0.25) is 0 Å². The van der Waals surface area contributed by atoms with Crippen LogP contribution in [0.2, 0.25) is 0 Å². The topological polar surface area (TPSA) is 89.1 Å². The van der Waals surface area contributed by atoms with Crippen molar-refractivity contribution >= 4 is 16.4 Å². The number of nitrogens with zero attached hydrogens (tertiary/aromatic N) is 1. The fourth-order valence-corrected chi connectivity index (χ4v) is 3.16. The molecular weight excluding hydrogens is 347 g/mol. The Morgan fingerprint density at radius 3 is 2.44 bits per heavy atom. The summed E-state index contributed by atoms with van der Waals surface area (Å²) in [5, 5.41) is 6.07. The highest BCUT2D eigenvalue weighted by atomic mass is 32.2. The van der Waals surface area contributed by atoms with Crippen LogP contribution in [-0.2, 0) is 10.1 Å². The minimum absolute atomic E-state index is 0.00690. The third kappa shape index (κ3) is 3.29. The number of rotatable bonds is 5. The summed E-state index contributed by atoms with van der Waals surface area (Å²) in [4.78, 5) is 11.1. The summed E-state index contributed by atoms with van der Waals surface area (Å²) in [5.74, 6) is -1.03. The molecule has 1 N–H and O–H groups in total. The van der Waals surface area contributed by atoms with E-state index in [0.29, 0.717) is 6.29 Å². The van der Waals surface area contributed by atoms with Gasteiger partial charge in [-0.1, -0.05) is 35.9 Å². The molecule has 0 radical (unpaired) electrons. The summed E-state index contributed by atoms with van der Waals surface area (Å²) in [7, 11) is -4.19. The quantitative estimate of drug-likeness (QED) is 0.558. The first-order valence-corrected chi connectivity index (χ1v) is 8.63. The van der Waals surface area contributed by atoms with Crippen molar-refractivity contribution in [2.75, 3.05) is 0 Å². The third-order valence-corrected chi connectivity index (χ3v) is 4.75. The van der Waals surface area contributed by atoms with E-state index in [0.717, 1.165) is 5.56 Å². The van der Waals surface area contributed by atoms with Crippen molar-refractivity contribution in [2.45, 2.75) is 11.8 Å². The highest BCUT2D eigenvalue weighted by Crippen LogP contribution is 2.34. The van der Waals surface area contributed by atoms with Crippen molar-refractivity contribution in [1.82, 2.24) is 10.2 Å². The molecule has 0 aliphatic carbocycles. The van der Waals surface area contributed by atoms with E-state index in [1.54, 1.807) is 18.2 Å². The van der Waals surface area contributed by atoms with Crippen LogP contribution in [0.25, 0.3) is 11.1 Å². The van der Waals surface area contributed by atoms with E-state index in [-0.39, 0.29) is 21.7 Å². The second kappa shape index (κ2) is 6.48. The summed E-state index contributed by atoms with van der Waals surface area (Å²) < 4.78 is 44.0. The number of aryl methyl sites for hydroxylation is 1. The second-order valence-corrected chi connectivity index (χ2v) is 6.81. The second-order valence-electron chi connectivity index (χ2n) is 5.27. The van der Waals surface area contributed by atoms with Crippen LogP contribution in [0, 0.1) is 12.7 Å². The number of halogens is 1. The summed E-state index contributed by atoms with van der Waals surface area (Å²) in [6, 6.07) is 11.6. The Morgan fingerprint density at radius 2 is 1.80 bits per heavy atom. The molecular formula is C17H13FN2O4S. The zero-order chi connectivity index (χ0) is 18.0. The van der Waals surface area contributed by atoms with Gasteiger partial charge in [0.25, 0.3) is 5.88 Å². The van der Waals surface area contributed by atoms with Gasteiger partial charge in [-0.05, 0) is 25.1 Å². The first-order valence-electron chi connectivity index (χ1n) is 7.22. The maximum atomic E-state index is 14.1. The van der Waals surface area contributed by atoms with Crippen molar-refractivity contribution in [3.05, 3.63) is 65.6 Å². The normalized spacial score (nSPS) is 11.3. The van der Waals surface area contributed by atoms with Crippen LogP contribution in [-0.4, -0.2) is 24.9 Å². The highest BCUT2D eigenvalue weighted by molar-refractivity contribution is 7.87. The van der Waals surface area contributed by atoms with E-state index < -0.39 is 21.8 Å². The molecule has 1 aromatic heterocycles. The van der Waals surface area contributed by atoms with Gasteiger partial charge in [0.15, 0.2) is 6.29 Å². The van der Waals surface area contributed by atoms with Crippen LogP contribution in [0.15, 0.2) is 53.4 Å². The molecule has 0 fully saturated rings. The van der Waals surface area contributed by atoms with E-state index >= 15 is 0 Å². The first-order chi connectivity index (χ1) is 11.9. The number of benzene rings is 2. The van der Waals surface area contributed by atoms with Crippen LogP contribution in [0.5, 0.6) is 5.88 Å². The molecule has 0 saturated heterocycles. The van der Waals surface area contributed by atoms with Crippen molar-refractivity contribution in [3.63, 3.8) is 0 Å². The maximum absolute atomic E-state index is 14.1. The van der Waals surface area contributed by atoms with E-state index in [4.69, 9.17) is 4.18 Å². The predicted octanol–water partition coefficient (Wildman–Crippen LogP) is 3.10. The zero-order valence-corrected chi connectivity index (χ0v) is 13.9. The molecule has 3 aromatic rings. The fraction of sp³-hybridized carbons (Fsp3) is 0.0588. The van der Waals surface area contributed by atoms with Crippen molar-refractivity contribution in [3.8, 4) is 17.0 Å². The number of aromatic nitrogens is 2. The number of aldehydes is 1. The van der Waals surface area contributed by atoms with Gasteiger partial charge in [0, 0.05) is 5.56 Å². The lowest BCUT2D eigenvalue weighted by Crippen LogP contribution is -2.10. The first kappa shape index (κ1) is 16.8. The molecule has 25 heavy (non-hydrogen) atoms. The Morgan fingerprint density at radius 1 is 1.12 bits per heavy atom. The van der Waals surface area contributed by atoms with Crippen LogP contribution in [0.3, 0.4) is 0 Å². The maximum Gasteiger partial charge on any atom is 0.340 e. The predicted molar refractivity (Wildman–Crippen MR) is 88.4 cm³/mol. The van der Waals surface area contributed by atoms with Gasteiger partial charge < -0.3 is 4.18 Å². The molecule has 8 heteroatoms. The Bertz CT molecular complexity index is 1030. The smallest absolute Gasteiger partial charge is 0.340 e. The molecule has 0 bridgehead atoms. The molecule has 0 spiro atoms. The van der Waals surface area contributed by atoms with E-state index in [2.05, 4.69) is 10.2 Å². The molecule has 0 unspecified atom stereocenters. The number of hydrogen-bond donors (Lipinski definition) is 1. The average molecular weight is 360 g/mol. The standard InChI is InChI=1S/C17H13FN2O4S/c1-11-6-8-12(9-7-11)25(22,23)24-17-16(15(10-21)19-20-17)13-4-2-3-5-14(13)18/h2-10H,1H3,(H,19,20). The lowest BCUT2D eigenvalue weighted by Gasteiger charge is -2.08. The van der Waals surface area contributed by atoms with Gasteiger partial charge in [-0.2, -0.15) is 8.42 Å². The summed E-state index contributed by atoms with van der Waals surface area (Å²) in [6.45, 7) is 1.82. The van der Waals surface area contributed by atoms with Gasteiger partial charge in [0.05, 0.1) is 5.56 Å². The number of carbonyl (C=O) groups is 1. The van der Waals surface area contributed by atoms with E-state index in [9.17, 15) is 17.6 Å². The lowest BCUT2D eigenvalue weighted by atomic mass is 10.1. The van der Waals surface area contributed by atoms with Crippen molar-refractivity contribution < 1.29 is 21.8 Å². The Hall–Kier alpha value is -3.00. The number of hydrogen-bond acceptors (Lipinski definition) is 5. The lowest BCUT2D eigenvalue weighted by molar-refractivity contribution is 0.111. The Kier molecular flexibility index (Phi) is 4.37. The number of carbonyl (C=O) groups excluding carboxylic acids is 1. The Labute approximate surface area is 143 Å². The van der Waals surface area contributed by atoms with Crippen LogP contribution in [0.1, 0.15) is 16.1 Å². The highest BCUT2D eigenvalue weighted by Gasteiger charge is 2.25. The average Bonchev–Trinajstić information content (AvgIpc) is 2.97. The molecule has 1 heterocycles. The van der Waals surface area contributed by atoms with Gasteiger partial charge in [-0.15, -0.1) is 5.10 Å². The van der Waals surface area contributed by atoms with E-state index in [1.807, 2.05) is 6.92 Å². The number of aromatic amines is 1. The van der Waals surface area contributed by atoms with Crippen molar-refractivity contribution in [1.29, 1.82) is 0 Å². The molecule has 0 saturated carbocycles. The molecule has 6 nitrogen and oxygen atoms in total. The third-order valence-electron chi connectivity index (χ3n) is 3.52. The molecule has 0 amide bonds. The van der Waals surface area contributed by atoms with Crippen LogP contribution >= 0.6 is 0 Å². The van der Waals surface area contributed by atoms with Gasteiger partial charge in [0.1, 0.15) is 16.4 Å². The van der Waals surface area contributed by atoms with Crippen LogP contribution in [0.4, 0.5) is 4.39 Å². The fourth-order valence-electron chi connectivity index (χ4n) is 2.26. The summed E-state index contributed by atoms with van der Waals surface area (Å²) in [6.07, 6.45) is 0.417. The molecule has 0 aliphatic rings. The summed E-state index contributed by atoms with van der Waals surface area (Å²) >= 11 is 0. The molecule has 2 aromatic carbocycles. The molecule has 3 rings (SSSR count). The summed E-state index contributed by atoms with van der Waals surface area (Å²) in [5.41, 5.74) is 0.754. The molecule has 128 valence electrons. The molecule has 0 aliphatic heterocycles. The largest absolute Gasteiger partial charge is 0.356 e. The van der Waals surface area contributed by atoms with Crippen molar-refractivity contribution in [2.24, 2.45) is 0 Å². The molecule has 0 atom stereocenters. The number of nitrogens with one attached hydrogen (secondary N) is 1. The van der Waals surface area contributed by atoms with Gasteiger partial charge in [-0.3, -0.25) is 9.89 Å². The Balaban J connectivity index is 2.07. The SMILES string of the molecule is Cc1ccc(S(=O)(=O)Oc2n[nH]c(C=O)c2-c2ccccc2F)cc1. The minimum Gasteiger partial charge on any atom is -0.356 e. The monoisotopic (exact) mass is 360 g/mol. The zero-order valence-electron chi connectivity index (χ0n) is 13.1.